The van der Waals surface area contributed by atoms with Crippen LogP contribution in [-0.2, 0) is 9.53 Å². The summed E-state index contributed by atoms with van der Waals surface area (Å²) in [7, 11) is 1.76. The van der Waals surface area contributed by atoms with E-state index in [0.717, 1.165) is 58.6 Å². The summed E-state index contributed by atoms with van der Waals surface area (Å²) in [5.74, 6) is 1.40. The molecule has 0 aliphatic carbocycles. The number of ether oxygens (including phenoxy) is 1. The summed E-state index contributed by atoms with van der Waals surface area (Å²) < 4.78 is 5.11. The van der Waals surface area contributed by atoms with Gasteiger partial charge in [0.25, 0.3) is 0 Å². The summed E-state index contributed by atoms with van der Waals surface area (Å²) in [6.07, 6.45) is 6.45. The van der Waals surface area contributed by atoms with E-state index >= 15 is 0 Å². The van der Waals surface area contributed by atoms with Crippen LogP contribution in [-0.4, -0.2) is 63.3 Å². The van der Waals surface area contributed by atoms with Gasteiger partial charge in [0.15, 0.2) is 0 Å². The summed E-state index contributed by atoms with van der Waals surface area (Å²) in [5.41, 5.74) is 0. The number of nitrogens with one attached hydrogen (secondary N) is 2. The van der Waals surface area contributed by atoms with E-state index < -0.39 is 0 Å². The third-order valence-corrected chi connectivity index (χ3v) is 5.42. The Kier molecular flexibility index (Phi) is 8.34. The second-order valence-electron chi connectivity index (χ2n) is 7.32. The Morgan fingerprint density at radius 1 is 1.35 bits per heavy atom. The summed E-state index contributed by atoms with van der Waals surface area (Å²) >= 11 is 0. The zero-order valence-corrected chi connectivity index (χ0v) is 15.0. The Morgan fingerprint density at radius 2 is 2.13 bits per heavy atom. The van der Waals surface area contributed by atoms with Crippen molar-refractivity contribution in [2.75, 3.05) is 46.4 Å². The van der Waals surface area contributed by atoms with Crippen molar-refractivity contribution < 1.29 is 9.53 Å². The number of nitrogens with zero attached hydrogens (tertiary/aromatic N) is 1. The van der Waals surface area contributed by atoms with Gasteiger partial charge in [0.2, 0.25) is 5.91 Å². The highest BCUT2D eigenvalue weighted by Crippen LogP contribution is 2.22. The molecule has 2 aliphatic rings. The molecule has 2 saturated heterocycles. The number of hydrogen-bond acceptors (Lipinski definition) is 4. The molecule has 1 amide bonds. The van der Waals surface area contributed by atoms with Gasteiger partial charge in [-0.2, -0.15) is 0 Å². The maximum absolute atomic E-state index is 12.3. The largest absolute Gasteiger partial charge is 0.385 e. The van der Waals surface area contributed by atoms with Gasteiger partial charge >= 0.3 is 0 Å². The van der Waals surface area contributed by atoms with Gasteiger partial charge in [-0.3, -0.25) is 4.79 Å². The molecule has 2 unspecified atom stereocenters. The van der Waals surface area contributed by atoms with E-state index in [2.05, 4.69) is 22.5 Å². The van der Waals surface area contributed by atoms with E-state index in [9.17, 15) is 4.79 Å². The smallest absolute Gasteiger partial charge is 0.220 e. The Morgan fingerprint density at radius 3 is 2.78 bits per heavy atom. The quantitative estimate of drug-likeness (QED) is 0.666. The number of carbonyl (C=O) groups is 1. The van der Waals surface area contributed by atoms with Crippen molar-refractivity contribution in [1.29, 1.82) is 0 Å². The first-order valence-corrected chi connectivity index (χ1v) is 9.40. The van der Waals surface area contributed by atoms with Crippen LogP contribution in [0.4, 0.5) is 0 Å². The standard InChI is InChI=1S/C18H35N3O2/c1-15(16-5-3-8-19-14-16)13-18(22)20-17-6-10-21(11-7-17)9-4-12-23-2/h15-17,19H,3-14H2,1-2H3,(H,20,22). The molecular weight excluding hydrogens is 290 g/mol. The SMILES string of the molecule is COCCCN1CCC(NC(=O)CC(C)C2CCCNC2)CC1. The minimum absolute atomic E-state index is 0.251. The van der Waals surface area contributed by atoms with Crippen molar-refractivity contribution in [3.05, 3.63) is 0 Å². The molecule has 0 bridgehead atoms. The summed E-state index contributed by atoms with van der Waals surface area (Å²) in [6.45, 7) is 8.58. The molecule has 5 nitrogen and oxygen atoms in total. The number of hydrogen-bond donors (Lipinski definition) is 2. The molecule has 134 valence electrons. The molecule has 5 heteroatoms. The van der Waals surface area contributed by atoms with Crippen LogP contribution in [0.3, 0.4) is 0 Å². The van der Waals surface area contributed by atoms with Crippen LogP contribution >= 0.6 is 0 Å². The molecule has 0 spiro atoms. The lowest BCUT2D eigenvalue weighted by atomic mass is 9.85. The number of piperidine rings is 2. The first kappa shape index (κ1) is 18.7. The van der Waals surface area contributed by atoms with Crippen LogP contribution in [0.15, 0.2) is 0 Å². The third-order valence-electron chi connectivity index (χ3n) is 5.42. The Hall–Kier alpha value is -0.650. The number of methoxy groups -OCH3 is 1. The van der Waals surface area contributed by atoms with Crippen LogP contribution in [0.2, 0.25) is 0 Å². The summed E-state index contributed by atoms with van der Waals surface area (Å²) in [5, 5.41) is 6.72. The highest BCUT2D eigenvalue weighted by atomic mass is 16.5. The van der Waals surface area contributed by atoms with E-state index in [1.165, 1.54) is 12.8 Å². The van der Waals surface area contributed by atoms with Crippen LogP contribution in [0, 0.1) is 11.8 Å². The van der Waals surface area contributed by atoms with Crippen LogP contribution in [0.5, 0.6) is 0 Å². The molecular formula is C18H35N3O2. The first-order chi connectivity index (χ1) is 11.2. The molecule has 0 saturated carbocycles. The highest BCUT2D eigenvalue weighted by Gasteiger charge is 2.24. The molecule has 2 atom stereocenters. The zero-order valence-electron chi connectivity index (χ0n) is 15.0. The molecule has 2 rings (SSSR count). The number of likely N-dealkylation sites (tertiary alicyclic amines) is 1. The maximum atomic E-state index is 12.3. The fourth-order valence-corrected chi connectivity index (χ4v) is 3.84. The lowest BCUT2D eigenvalue weighted by Crippen LogP contribution is -2.45. The van der Waals surface area contributed by atoms with Crippen molar-refractivity contribution in [3.63, 3.8) is 0 Å². The topological polar surface area (TPSA) is 53.6 Å². The van der Waals surface area contributed by atoms with E-state index in [4.69, 9.17) is 4.74 Å². The average molecular weight is 325 g/mol. The number of rotatable bonds is 8. The van der Waals surface area contributed by atoms with Crippen LogP contribution < -0.4 is 10.6 Å². The van der Waals surface area contributed by atoms with Crippen molar-refractivity contribution in [3.8, 4) is 0 Å². The minimum atomic E-state index is 0.251. The molecule has 2 fully saturated rings. The van der Waals surface area contributed by atoms with Crippen LogP contribution in [0.25, 0.3) is 0 Å². The molecule has 2 aliphatic heterocycles. The van der Waals surface area contributed by atoms with Crippen molar-refractivity contribution in [1.82, 2.24) is 15.5 Å². The summed E-state index contributed by atoms with van der Waals surface area (Å²) in [6, 6.07) is 0.373. The monoisotopic (exact) mass is 325 g/mol. The van der Waals surface area contributed by atoms with E-state index in [0.29, 0.717) is 24.3 Å². The molecule has 23 heavy (non-hydrogen) atoms. The predicted molar refractivity (Wildman–Crippen MR) is 93.5 cm³/mol. The van der Waals surface area contributed by atoms with Gasteiger partial charge in [-0.15, -0.1) is 0 Å². The van der Waals surface area contributed by atoms with Gasteiger partial charge in [0.1, 0.15) is 0 Å². The molecule has 0 aromatic heterocycles. The number of amides is 1. The lowest BCUT2D eigenvalue weighted by Gasteiger charge is -2.33. The third kappa shape index (κ3) is 6.77. The Balaban J connectivity index is 1.60. The molecule has 2 N–H and O–H groups in total. The molecule has 2 heterocycles. The van der Waals surface area contributed by atoms with Crippen LogP contribution in [0.1, 0.15) is 45.4 Å². The number of carbonyl (C=O) groups excluding carboxylic acids is 1. The van der Waals surface area contributed by atoms with Gasteiger partial charge in [0.05, 0.1) is 0 Å². The second kappa shape index (κ2) is 10.3. The van der Waals surface area contributed by atoms with Gasteiger partial charge in [-0.25, -0.2) is 0 Å². The predicted octanol–water partition coefficient (Wildman–Crippen LogP) is 1.63. The lowest BCUT2D eigenvalue weighted by molar-refractivity contribution is -0.123. The maximum Gasteiger partial charge on any atom is 0.220 e. The fraction of sp³-hybridized carbons (Fsp3) is 0.944. The zero-order chi connectivity index (χ0) is 16.5. The van der Waals surface area contributed by atoms with Gasteiger partial charge in [-0.1, -0.05) is 6.92 Å². The first-order valence-electron chi connectivity index (χ1n) is 9.40. The Labute approximate surface area is 141 Å². The van der Waals surface area contributed by atoms with E-state index in [1.807, 2.05) is 0 Å². The Bertz CT molecular complexity index is 337. The van der Waals surface area contributed by atoms with Crippen molar-refractivity contribution >= 4 is 5.91 Å². The second-order valence-corrected chi connectivity index (χ2v) is 7.32. The van der Waals surface area contributed by atoms with Gasteiger partial charge in [0, 0.05) is 45.8 Å². The minimum Gasteiger partial charge on any atom is -0.385 e. The van der Waals surface area contributed by atoms with E-state index in [-0.39, 0.29) is 5.91 Å². The fourth-order valence-electron chi connectivity index (χ4n) is 3.84. The average Bonchev–Trinajstić information content (AvgIpc) is 2.57. The van der Waals surface area contributed by atoms with Gasteiger partial charge in [-0.05, 0) is 57.0 Å². The molecule has 0 aromatic rings. The van der Waals surface area contributed by atoms with Crippen molar-refractivity contribution in [2.24, 2.45) is 11.8 Å². The highest BCUT2D eigenvalue weighted by molar-refractivity contribution is 5.76. The van der Waals surface area contributed by atoms with E-state index in [1.54, 1.807) is 7.11 Å². The van der Waals surface area contributed by atoms with Crippen molar-refractivity contribution in [2.45, 2.75) is 51.5 Å². The summed E-state index contributed by atoms with van der Waals surface area (Å²) in [4.78, 5) is 14.8. The molecule has 0 radical (unpaired) electrons. The normalized spacial score (nSPS) is 25.2. The molecule has 0 aromatic carbocycles. The van der Waals surface area contributed by atoms with Gasteiger partial charge < -0.3 is 20.3 Å².